The molecule has 1 aromatic carbocycles. The summed E-state index contributed by atoms with van der Waals surface area (Å²) in [4.78, 5) is 0.224. The van der Waals surface area contributed by atoms with Crippen molar-refractivity contribution < 1.29 is 8.42 Å². The molecule has 19 heavy (non-hydrogen) atoms. The monoisotopic (exact) mass is 299 g/mol. The predicted molar refractivity (Wildman–Crippen MR) is 78.7 cm³/mol. The average molecular weight is 300 g/mol. The van der Waals surface area contributed by atoms with Gasteiger partial charge in [0, 0.05) is 5.88 Å². The van der Waals surface area contributed by atoms with Crippen LogP contribution in [0.3, 0.4) is 0 Å². The summed E-state index contributed by atoms with van der Waals surface area (Å²) >= 11 is 5.64. The summed E-state index contributed by atoms with van der Waals surface area (Å²) in [5, 5.41) is 0. The molecule has 1 aromatic rings. The summed E-state index contributed by atoms with van der Waals surface area (Å²) in [6, 6.07) is 6.22. The van der Waals surface area contributed by atoms with Crippen LogP contribution in [0.5, 0.6) is 0 Å². The maximum absolute atomic E-state index is 12.1. The zero-order valence-electron chi connectivity index (χ0n) is 10.9. The SMILES string of the molecule is C#CC(CCC)NS(=O)(=O)c1ccc(CCCl)cc1. The van der Waals surface area contributed by atoms with Crippen molar-refractivity contribution >= 4 is 21.6 Å². The summed E-state index contributed by atoms with van der Waals surface area (Å²) in [6.45, 7) is 1.96. The van der Waals surface area contributed by atoms with E-state index in [2.05, 4.69) is 10.6 Å². The molecule has 0 spiro atoms. The molecule has 0 amide bonds. The maximum atomic E-state index is 12.1. The van der Waals surface area contributed by atoms with Crippen molar-refractivity contribution in [1.82, 2.24) is 4.72 Å². The number of aryl methyl sites for hydroxylation is 1. The molecule has 5 heteroatoms. The van der Waals surface area contributed by atoms with Gasteiger partial charge in [0.1, 0.15) is 0 Å². The van der Waals surface area contributed by atoms with Crippen LogP contribution in [0.25, 0.3) is 0 Å². The Hall–Kier alpha value is -1.02. The normalized spacial score (nSPS) is 12.9. The van der Waals surface area contributed by atoms with Crippen molar-refractivity contribution in [1.29, 1.82) is 0 Å². The van der Waals surface area contributed by atoms with Gasteiger partial charge in [-0.05, 0) is 30.5 Å². The number of sulfonamides is 1. The van der Waals surface area contributed by atoms with Gasteiger partial charge in [-0.3, -0.25) is 0 Å². The van der Waals surface area contributed by atoms with Gasteiger partial charge in [-0.1, -0.05) is 31.4 Å². The molecule has 0 saturated heterocycles. The van der Waals surface area contributed by atoms with E-state index in [4.69, 9.17) is 18.0 Å². The molecule has 1 atom stereocenters. The first-order chi connectivity index (χ1) is 9.03. The van der Waals surface area contributed by atoms with E-state index in [-0.39, 0.29) is 4.90 Å². The van der Waals surface area contributed by atoms with Crippen molar-refractivity contribution in [3.8, 4) is 12.3 Å². The summed E-state index contributed by atoms with van der Waals surface area (Å²) in [5.41, 5.74) is 1.01. The van der Waals surface area contributed by atoms with E-state index < -0.39 is 16.1 Å². The molecular formula is C14H18ClNO2S. The zero-order chi connectivity index (χ0) is 14.3. The molecule has 3 nitrogen and oxygen atoms in total. The molecule has 0 bridgehead atoms. The van der Waals surface area contributed by atoms with Crippen LogP contribution in [0.2, 0.25) is 0 Å². The smallest absolute Gasteiger partial charge is 0.207 e. The Kier molecular flexibility index (Phi) is 6.36. The summed E-state index contributed by atoms with van der Waals surface area (Å²) in [6.07, 6.45) is 7.49. The third kappa shape index (κ3) is 4.87. The Morgan fingerprint density at radius 2 is 2.00 bits per heavy atom. The predicted octanol–water partition coefficient (Wildman–Crippen LogP) is 2.55. The Morgan fingerprint density at radius 1 is 1.37 bits per heavy atom. The Labute approximate surface area is 120 Å². The highest BCUT2D eigenvalue weighted by atomic mass is 35.5. The molecule has 1 unspecified atom stereocenters. The molecule has 0 saturated carbocycles. The standard InChI is InChI=1S/C14H18ClNO2S/c1-3-5-13(4-2)16-19(17,18)14-8-6-12(7-9-14)10-11-15/h2,6-9,13,16H,3,5,10-11H2,1H3. The number of alkyl halides is 1. The number of benzene rings is 1. The van der Waals surface area contributed by atoms with Crippen LogP contribution in [0.15, 0.2) is 29.2 Å². The highest BCUT2D eigenvalue weighted by Gasteiger charge is 2.17. The molecule has 104 valence electrons. The number of hydrogen-bond donors (Lipinski definition) is 1. The molecule has 0 radical (unpaired) electrons. The number of halogens is 1. The van der Waals surface area contributed by atoms with E-state index in [0.29, 0.717) is 12.3 Å². The van der Waals surface area contributed by atoms with Gasteiger partial charge in [0.05, 0.1) is 10.9 Å². The zero-order valence-corrected chi connectivity index (χ0v) is 12.5. The largest absolute Gasteiger partial charge is 0.241 e. The van der Waals surface area contributed by atoms with Crippen LogP contribution in [0.1, 0.15) is 25.3 Å². The topological polar surface area (TPSA) is 46.2 Å². The summed E-state index contributed by atoms with van der Waals surface area (Å²) < 4.78 is 26.7. The second-order valence-corrected chi connectivity index (χ2v) is 6.30. The van der Waals surface area contributed by atoms with Crippen molar-refractivity contribution in [3.05, 3.63) is 29.8 Å². The molecular weight excluding hydrogens is 282 g/mol. The van der Waals surface area contributed by atoms with E-state index in [1.165, 1.54) is 0 Å². The Balaban J connectivity index is 2.85. The minimum Gasteiger partial charge on any atom is -0.207 e. The van der Waals surface area contributed by atoms with Crippen LogP contribution in [0.4, 0.5) is 0 Å². The first kappa shape index (κ1) is 16.0. The number of hydrogen-bond acceptors (Lipinski definition) is 2. The van der Waals surface area contributed by atoms with Crippen LogP contribution in [-0.2, 0) is 16.4 Å². The highest BCUT2D eigenvalue weighted by Crippen LogP contribution is 2.12. The summed E-state index contributed by atoms with van der Waals surface area (Å²) in [5.74, 6) is 2.97. The van der Waals surface area contributed by atoms with Crippen LogP contribution in [0, 0.1) is 12.3 Å². The van der Waals surface area contributed by atoms with Crippen molar-refractivity contribution in [2.45, 2.75) is 37.1 Å². The second-order valence-electron chi connectivity index (χ2n) is 4.21. The van der Waals surface area contributed by atoms with Crippen molar-refractivity contribution in [2.75, 3.05) is 5.88 Å². The number of terminal acetylenes is 1. The average Bonchev–Trinajstić information content (AvgIpc) is 2.39. The lowest BCUT2D eigenvalue weighted by Gasteiger charge is -2.12. The van der Waals surface area contributed by atoms with Gasteiger partial charge in [0.2, 0.25) is 10.0 Å². The third-order valence-corrected chi connectivity index (χ3v) is 4.37. The molecule has 1 rings (SSSR count). The van der Waals surface area contributed by atoms with E-state index in [1.807, 2.05) is 6.92 Å². The maximum Gasteiger partial charge on any atom is 0.241 e. The third-order valence-electron chi connectivity index (χ3n) is 2.69. The first-order valence-electron chi connectivity index (χ1n) is 6.17. The molecule has 0 aromatic heterocycles. The lowest BCUT2D eigenvalue weighted by atomic mass is 10.2. The van der Waals surface area contributed by atoms with Gasteiger partial charge in [-0.25, -0.2) is 8.42 Å². The quantitative estimate of drug-likeness (QED) is 0.621. The lowest BCUT2D eigenvalue weighted by molar-refractivity contribution is 0.564. The van der Waals surface area contributed by atoms with Gasteiger partial charge in [0.15, 0.2) is 0 Å². The highest BCUT2D eigenvalue weighted by molar-refractivity contribution is 7.89. The fourth-order valence-corrected chi connectivity index (χ4v) is 3.07. The first-order valence-corrected chi connectivity index (χ1v) is 8.18. The number of nitrogens with one attached hydrogen (secondary N) is 1. The Bertz CT molecular complexity index is 532. The van der Waals surface area contributed by atoms with Crippen molar-refractivity contribution in [3.63, 3.8) is 0 Å². The van der Waals surface area contributed by atoms with Crippen LogP contribution in [-0.4, -0.2) is 20.3 Å². The minimum absolute atomic E-state index is 0.224. The fraction of sp³-hybridized carbons (Fsp3) is 0.429. The fourth-order valence-electron chi connectivity index (χ4n) is 1.66. The minimum atomic E-state index is -3.55. The molecule has 0 heterocycles. The lowest BCUT2D eigenvalue weighted by Crippen LogP contribution is -2.33. The van der Waals surface area contributed by atoms with Gasteiger partial charge < -0.3 is 0 Å². The van der Waals surface area contributed by atoms with E-state index >= 15 is 0 Å². The molecule has 0 aliphatic heterocycles. The van der Waals surface area contributed by atoms with Gasteiger partial charge in [0.25, 0.3) is 0 Å². The van der Waals surface area contributed by atoms with Gasteiger partial charge in [-0.15, -0.1) is 18.0 Å². The summed E-state index contributed by atoms with van der Waals surface area (Å²) in [7, 11) is -3.55. The van der Waals surface area contributed by atoms with E-state index in [0.717, 1.165) is 18.4 Å². The molecule has 0 fully saturated rings. The number of rotatable bonds is 7. The Morgan fingerprint density at radius 3 is 2.47 bits per heavy atom. The van der Waals surface area contributed by atoms with E-state index in [9.17, 15) is 8.42 Å². The van der Waals surface area contributed by atoms with Crippen LogP contribution >= 0.6 is 11.6 Å². The van der Waals surface area contributed by atoms with Crippen LogP contribution < -0.4 is 4.72 Å². The molecule has 0 aliphatic rings. The van der Waals surface area contributed by atoms with Crippen molar-refractivity contribution in [2.24, 2.45) is 0 Å². The molecule has 1 N–H and O–H groups in total. The van der Waals surface area contributed by atoms with E-state index in [1.54, 1.807) is 24.3 Å². The van der Waals surface area contributed by atoms with Gasteiger partial charge >= 0.3 is 0 Å². The molecule has 0 aliphatic carbocycles. The van der Waals surface area contributed by atoms with Gasteiger partial charge in [-0.2, -0.15) is 4.72 Å². The second kappa shape index (κ2) is 7.54.